The summed E-state index contributed by atoms with van der Waals surface area (Å²) in [5.74, 6) is 0.0462. The van der Waals surface area contributed by atoms with Crippen molar-refractivity contribution in [3.05, 3.63) is 53.6 Å². The molecule has 0 fully saturated rings. The summed E-state index contributed by atoms with van der Waals surface area (Å²) < 4.78 is 5.77. The van der Waals surface area contributed by atoms with Crippen molar-refractivity contribution in [2.75, 3.05) is 5.32 Å². The molecule has 0 saturated heterocycles. The molecule has 0 spiro atoms. The lowest BCUT2D eigenvalue weighted by Gasteiger charge is -2.12. The van der Waals surface area contributed by atoms with Gasteiger partial charge in [-0.3, -0.25) is 19.7 Å². The number of anilines is 1. The van der Waals surface area contributed by atoms with Crippen molar-refractivity contribution >= 4 is 23.4 Å². The van der Waals surface area contributed by atoms with Gasteiger partial charge in [0.25, 0.3) is 11.8 Å². The van der Waals surface area contributed by atoms with E-state index in [9.17, 15) is 14.4 Å². The van der Waals surface area contributed by atoms with E-state index in [1.807, 2.05) is 13.8 Å². The molecule has 1 atom stereocenters. The lowest BCUT2D eigenvalue weighted by Crippen LogP contribution is -2.20. The van der Waals surface area contributed by atoms with E-state index >= 15 is 0 Å². The Morgan fingerprint density at radius 2 is 1.81 bits per heavy atom. The van der Waals surface area contributed by atoms with Gasteiger partial charge in [0.15, 0.2) is 0 Å². The average Bonchev–Trinajstić information content (AvgIpc) is 2.89. The summed E-state index contributed by atoms with van der Waals surface area (Å²) >= 11 is 0. The van der Waals surface area contributed by atoms with E-state index in [0.29, 0.717) is 28.3 Å². The van der Waals surface area contributed by atoms with Gasteiger partial charge in [0.2, 0.25) is 5.91 Å². The second-order valence-corrected chi connectivity index (χ2v) is 6.30. The number of nitrogens with one attached hydrogen (secondary N) is 2. The van der Waals surface area contributed by atoms with Crippen molar-refractivity contribution in [3.8, 4) is 11.5 Å². The van der Waals surface area contributed by atoms with E-state index in [2.05, 4.69) is 10.6 Å². The lowest BCUT2D eigenvalue weighted by molar-refractivity contribution is -0.119. The predicted molar refractivity (Wildman–Crippen MR) is 97.5 cm³/mol. The number of carbonyl (C=O) groups excluding carboxylic acids is 3. The fourth-order valence-corrected chi connectivity index (χ4v) is 2.81. The van der Waals surface area contributed by atoms with Gasteiger partial charge < -0.3 is 10.1 Å². The first kappa shape index (κ1) is 17.7. The molecule has 1 aliphatic rings. The van der Waals surface area contributed by atoms with Crippen molar-refractivity contribution in [1.29, 1.82) is 0 Å². The van der Waals surface area contributed by atoms with Crippen LogP contribution in [0.5, 0.6) is 11.5 Å². The summed E-state index contributed by atoms with van der Waals surface area (Å²) in [7, 11) is 0. The summed E-state index contributed by atoms with van der Waals surface area (Å²) in [6.07, 6.45) is 1.78. The molecule has 0 radical (unpaired) electrons. The van der Waals surface area contributed by atoms with Gasteiger partial charge in [-0.25, -0.2) is 0 Å². The largest absolute Gasteiger partial charge is 0.457 e. The highest BCUT2D eigenvalue weighted by molar-refractivity contribution is 6.21. The zero-order valence-electron chi connectivity index (χ0n) is 14.7. The highest BCUT2D eigenvalue weighted by atomic mass is 16.5. The van der Waals surface area contributed by atoms with Crippen molar-refractivity contribution in [1.82, 2.24) is 5.32 Å². The minimum Gasteiger partial charge on any atom is -0.457 e. The quantitative estimate of drug-likeness (QED) is 0.776. The van der Waals surface area contributed by atoms with Crippen LogP contribution in [0.2, 0.25) is 0 Å². The van der Waals surface area contributed by atoms with E-state index < -0.39 is 11.8 Å². The van der Waals surface area contributed by atoms with Crippen LogP contribution < -0.4 is 15.4 Å². The van der Waals surface area contributed by atoms with Gasteiger partial charge in [-0.05, 0) is 36.8 Å². The van der Waals surface area contributed by atoms with E-state index in [4.69, 9.17) is 4.74 Å². The van der Waals surface area contributed by atoms with E-state index in [1.54, 1.807) is 36.4 Å². The first-order valence-electron chi connectivity index (χ1n) is 8.56. The van der Waals surface area contributed by atoms with Crippen LogP contribution in [0.1, 0.15) is 47.4 Å². The van der Waals surface area contributed by atoms with Crippen LogP contribution in [0, 0.1) is 5.92 Å². The van der Waals surface area contributed by atoms with Crippen LogP contribution in [-0.2, 0) is 4.79 Å². The molecule has 3 rings (SSSR count). The van der Waals surface area contributed by atoms with E-state index in [1.165, 1.54) is 6.07 Å². The third-order valence-electron chi connectivity index (χ3n) is 4.21. The molecular formula is C20H20N2O4. The first-order chi connectivity index (χ1) is 12.5. The van der Waals surface area contributed by atoms with Crippen LogP contribution in [0.25, 0.3) is 0 Å². The Morgan fingerprint density at radius 1 is 1.08 bits per heavy atom. The molecule has 6 heteroatoms. The molecule has 2 aromatic carbocycles. The number of hydrogen-bond donors (Lipinski definition) is 2. The Morgan fingerprint density at radius 3 is 2.58 bits per heavy atom. The number of benzene rings is 2. The number of carbonyl (C=O) groups is 3. The van der Waals surface area contributed by atoms with Gasteiger partial charge in [-0.15, -0.1) is 0 Å². The molecule has 0 bridgehead atoms. The van der Waals surface area contributed by atoms with Crippen molar-refractivity contribution < 1.29 is 19.1 Å². The smallest absolute Gasteiger partial charge is 0.259 e. The maximum atomic E-state index is 12.1. The van der Waals surface area contributed by atoms with Gasteiger partial charge in [-0.2, -0.15) is 0 Å². The molecule has 1 heterocycles. The maximum Gasteiger partial charge on any atom is 0.259 e. The Balaban J connectivity index is 1.73. The summed E-state index contributed by atoms with van der Waals surface area (Å²) in [6.45, 7) is 3.94. The normalized spacial score (nSPS) is 13.8. The number of rotatable bonds is 6. The number of fused-ring (bicyclic) bond motifs is 1. The molecule has 26 heavy (non-hydrogen) atoms. The fourth-order valence-electron chi connectivity index (χ4n) is 2.81. The van der Waals surface area contributed by atoms with Gasteiger partial charge in [0.05, 0.1) is 11.1 Å². The van der Waals surface area contributed by atoms with Gasteiger partial charge in [0.1, 0.15) is 11.5 Å². The second kappa shape index (κ2) is 7.39. The lowest BCUT2D eigenvalue weighted by atomic mass is 10.1. The minimum absolute atomic E-state index is 0.0308. The Kier molecular flexibility index (Phi) is 5.02. The molecule has 134 valence electrons. The topological polar surface area (TPSA) is 84.5 Å². The maximum absolute atomic E-state index is 12.1. The predicted octanol–water partition coefficient (Wildman–Crippen LogP) is 3.74. The molecule has 0 saturated carbocycles. The molecule has 0 aromatic heterocycles. The molecule has 1 unspecified atom stereocenters. The molecule has 0 aliphatic carbocycles. The summed E-state index contributed by atoms with van der Waals surface area (Å²) in [4.78, 5) is 35.5. The standard InChI is InChI=1S/C20H20N2O4/c1-3-5-12(2)18(23)21-13-6-4-7-14(10-13)26-15-8-9-16-17(11-15)20(25)22-19(16)24/h4,6-12H,3,5H2,1-2H3,(H,21,23)(H,22,24,25). The zero-order valence-corrected chi connectivity index (χ0v) is 14.7. The van der Waals surface area contributed by atoms with Crippen LogP contribution in [0.3, 0.4) is 0 Å². The van der Waals surface area contributed by atoms with Gasteiger partial charge in [-0.1, -0.05) is 26.3 Å². The second-order valence-electron chi connectivity index (χ2n) is 6.30. The molecular weight excluding hydrogens is 332 g/mol. The van der Waals surface area contributed by atoms with Crippen molar-refractivity contribution in [2.24, 2.45) is 5.92 Å². The number of imide groups is 1. The SMILES string of the molecule is CCCC(C)C(=O)Nc1cccc(Oc2ccc3c(c2)C(=O)NC3=O)c1. The molecule has 3 amide bonds. The highest BCUT2D eigenvalue weighted by Crippen LogP contribution is 2.28. The van der Waals surface area contributed by atoms with Crippen LogP contribution >= 0.6 is 0 Å². The third kappa shape index (κ3) is 3.74. The summed E-state index contributed by atoms with van der Waals surface area (Å²) in [6, 6.07) is 11.8. The first-order valence-corrected chi connectivity index (χ1v) is 8.56. The third-order valence-corrected chi connectivity index (χ3v) is 4.21. The summed E-state index contributed by atoms with van der Waals surface area (Å²) in [5, 5.41) is 5.12. The van der Waals surface area contributed by atoms with Crippen LogP contribution in [-0.4, -0.2) is 17.7 Å². The molecule has 1 aliphatic heterocycles. The van der Waals surface area contributed by atoms with Gasteiger partial charge >= 0.3 is 0 Å². The van der Waals surface area contributed by atoms with Crippen molar-refractivity contribution in [3.63, 3.8) is 0 Å². The Labute approximate surface area is 151 Å². The minimum atomic E-state index is -0.429. The molecule has 2 aromatic rings. The number of amides is 3. The average molecular weight is 352 g/mol. The van der Waals surface area contributed by atoms with Crippen LogP contribution in [0.4, 0.5) is 5.69 Å². The number of ether oxygens (including phenoxy) is 1. The van der Waals surface area contributed by atoms with E-state index in [0.717, 1.165) is 12.8 Å². The monoisotopic (exact) mass is 352 g/mol. The fraction of sp³-hybridized carbons (Fsp3) is 0.250. The highest BCUT2D eigenvalue weighted by Gasteiger charge is 2.26. The van der Waals surface area contributed by atoms with Gasteiger partial charge in [0, 0.05) is 17.7 Å². The zero-order chi connectivity index (χ0) is 18.7. The molecule has 2 N–H and O–H groups in total. The Hall–Kier alpha value is -3.15. The summed E-state index contributed by atoms with van der Waals surface area (Å²) in [5.41, 5.74) is 1.28. The Bertz CT molecular complexity index is 876. The van der Waals surface area contributed by atoms with E-state index in [-0.39, 0.29) is 11.8 Å². The molecule has 6 nitrogen and oxygen atoms in total. The van der Waals surface area contributed by atoms with Crippen molar-refractivity contribution in [2.45, 2.75) is 26.7 Å². The van der Waals surface area contributed by atoms with Crippen LogP contribution in [0.15, 0.2) is 42.5 Å². The number of hydrogen-bond acceptors (Lipinski definition) is 4.